The van der Waals surface area contributed by atoms with Crippen LogP contribution in [0.15, 0.2) is 78.9 Å². The zero-order valence-corrected chi connectivity index (χ0v) is 19.2. The van der Waals surface area contributed by atoms with Crippen molar-refractivity contribution in [3.05, 3.63) is 95.8 Å². The Bertz CT molecular complexity index is 1160. The van der Waals surface area contributed by atoms with Crippen LogP contribution < -0.4 is 10.1 Å². The number of H-pyrrole nitrogens is 1. The predicted molar refractivity (Wildman–Crippen MR) is 129 cm³/mol. The largest absolute Gasteiger partial charge is 0.489 e. The molecule has 4 aromatic rings. The van der Waals surface area contributed by atoms with Gasteiger partial charge in [-0.2, -0.15) is 0 Å². The number of aromatic amines is 1. The Morgan fingerprint density at radius 3 is 2.33 bits per heavy atom. The molecule has 0 unspecified atom stereocenters. The Hall–Kier alpha value is -3.80. The van der Waals surface area contributed by atoms with E-state index in [1.165, 1.54) is 0 Å². The summed E-state index contributed by atoms with van der Waals surface area (Å²) in [6, 6.07) is 25.4. The van der Waals surface area contributed by atoms with Gasteiger partial charge in [-0.1, -0.05) is 54.6 Å². The summed E-state index contributed by atoms with van der Waals surface area (Å²) in [5.74, 6) is 1.48. The highest BCUT2D eigenvalue weighted by Crippen LogP contribution is 2.22. The molecule has 0 fully saturated rings. The number of hydrogen-bond acceptors (Lipinski definition) is 4. The summed E-state index contributed by atoms with van der Waals surface area (Å²) in [6.45, 7) is 6.05. The molecule has 170 valence electrons. The second-order valence-corrected chi connectivity index (χ2v) is 8.96. The summed E-state index contributed by atoms with van der Waals surface area (Å²) in [5.41, 5.74) is 3.36. The number of amides is 1. The van der Waals surface area contributed by atoms with Crippen LogP contribution in [0.2, 0.25) is 0 Å². The number of hydrogen-bond donors (Lipinski definition) is 2. The standard InChI is InChI=1S/C27H29N3O3/c1-27(2,3)33-26(31)30-24(25-28-22-11-7-8-12-23(22)29-25)17-19-13-15-21(16-14-19)32-18-20-9-5-4-6-10-20/h4-16,24H,17-18H2,1-3H3,(H,28,29)(H,30,31)/t24-/m0/s1. The molecule has 4 rings (SSSR count). The van der Waals surface area contributed by atoms with Gasteiger partial charge in [0.1, 0.15) is 23.8 Å². The summed E-state index contributed by atoms with van der Waals surface area (Å²) in [5, 5.41) is 2.97. The molecule has 0 bridgehead atoms. The zero-order chi connectivity index (χ0) is 23.3. The fraction of sp³-hybridized carbons (Fsp3) is 0.259. The van der Waals surface area contributed by atoms with Crippen LogP contribution in [0.3, 0.4) is 0 Å². The van der Waals surface area contributed by atoms with Crippen LogP contribution in [0.4, 0.5) is 4.79 Å². The lowest BCUT2D eigenvalue weighted by molar-refractivity contribution is 0.0501. The quantitative estimate of drug-likeness (QED) is 0.370. The van der Waals surface area contributed by atoms with Crippen molar-refractivity contribution in [1.29, 1.82) is 0 Å². The van der Waals surface area contributed by atoms with Crippen molar-refractivity contribution >= 4 is 17.1 Å². The molecule has 0 aliphatic heterocycles. The van der Waals surface area contributed by atoms with Crippen molar-refractivity contribution in [3.8, 4) is 5.75 Å². The second-order valence-electron chi connectivity index (χ2n) is 8.96. The van der Waals surface area contributed by atoms with Crippen LogP contribution in [0.5, 0.6) is 5.75 Å². The first kappa shape index (κ1) is 22.4. The van der Waals surface area contributed by atoms with Gasteiger partial charge in [-0.15, -0.1) is 0 Å². The number of nitrogens with one attached hydrogen (secondary N) is 2. The molecule has 1 amide bonds. The fourth-order valence-corrected chi connectivity index (χ4v) is 3.50. The normalized spacial score (nSPS) is 12.3. The van der Waals surface area contributed by atoms with Crippen LogP contribution >= 0.6 is 0 Å². The number of benzene rings is 3. The molecule has 2 N–H and O–H groups in total. The van der Waals surface area contributed by atoms with Crippen LogP contribution in [-0.2, 0) is 17.8 Å². The molecule has 33 heavy (non-hydrogen) atoms. The second kappa shape index (κ2) is 9.77. The van der Waals surface area contributed by atoms with E-state index >= 15 is 0 Å². The van der Waals surface area contributed by atoms with E-state index in [2.05, 4.69) is 15.3 Å². The minimum atomic E-state index is -0.583. The molecule has 6 nitrogen and oxygen atoms in total. The summed E-state index contributed by atoms with van der Waals surface area (Å²) in [7, 11) is 0. The number of aromatic nitrogens is 2. The molecular formula is C27H29N3O3. The number of carbonyl (C=O) groups is 1. The molecule has 1 aromatic heterocycles. The fourth-order valence-electron chi connectivity index (χ4n) is 3.50. The van der Waals surface area contributed by atoms with E-state index in [-0.39, 0.29) is 6.04 Å². The van der Waals surface area contributed by atoms with E-state index in [0.717, 1.165) is 27.9 Å². The van der Waals surface area contributed by atoms with Crippen molar-refractivity contribution in [2.75, 3.05) is 0 Å². The highest BCUT2D eigenvalue weighted by Gasteiger charge is 2.23. The van der Waals surface area contributed by atoms with E-state index in [9.17, 15) is 4.79 Å². The number of imidazole rings is 1. The van der Waals surface area contributed by atoms with Crippen molar-refractivity contribution in [3.63, 3.8) is 0 Å². The average molecular weight is 444 g/mol. The molecule has 1 heterocycles. The number of rotatable bonds is 7. The molecule has 3 aromatic carbocycles. The minimum Gasteiger partial charge on any atom is -0.489 e. The first-order valence-corrected chi connectivity index (χ1v) is 11.1. The first-order chi connectivity index (χ1) is 15.9. The van der Waals surface area contributed by atoms with Gasteiger partial charge in [0.15, 0.2) is 0 Å². The molecule has 0 radical (unpaired) electrons. The maximum atomic E-state index is 12.5. The van der Waals surface area contributed by atoms with Crippen molar-refractivity contribution in [2.45, 2.75) is 45.4 Å². The third kappa shape index (κ3) is 6.35. The summed E-state index contributed by atoms with van der Waals surface area (Å²) in [6.07, 6.45) is 0.0775. The summed E-state index contributed by atoms with van der Waals surface area (Å²) in [4.78, 5) is 20.5. The number of nitrogens with zero attached hydrogens (tertiary/aromatic N) is 1. The lowest BCUT2D eigenvalue weighted by atomic mass is 10.1. The van der Waals surface area contributed by atoms with E-state index < -0.39 is 11.7 Å². The topological polar surface area (TPSA) is 76.2 Å². The number of carbonyl (C=O) groups excluding carboxylic acids is 1. The Balaban J connectivity index is 1.48. The Labute approximate surface area is 194 Å². The Morgan fingerprint density at radius 1 is 0.939 bits per heavy atom. The lowest BCUT2D eigenvalue weighted by Gasteiger charge is -2.23. The van der Waals surface area contributed by atoms with Crippen molar-refractivity contribution in [1.82, 2.24) is 15.3 Å². The van der Waals surface area contributed by atoms with Gasteiger partial charge in [0.25, 0.3) is 0 Å². The summed E-state index contributed by atoms with van der Waals surface area (Å²) >= 11 is 0. The van der Waals surface area contributed by atoms with Gasteiger partial charge in [-0.3, -0.25) is 0 Å². The number of alkyl carbamates (subject to hydrolysis) is 1. The first-order valence-electron chi connectivity index (χ1n) is 11.1. The van der Waals surface area contributed by atoms with E-state index in [0.29, 0.717) is 18.9 Å². The van der Waals surface area contributed by atoms with E-state index in [1.807, 2.05) is 99.6 Å². The van der Waals surface area contributed by atoms with E-state index in [1.54, 1.807) is 0 Å². The minimum absolute atomic E-state index is 0.372. The van der Waals surface area contributed by atoms with Crippen LogP contribution in [0.25, 0.3) is 11.0 Å². The van der Waals surface area contributed by atoms with Crippen LogP contribution in [0.1, 0.15) is 43.8 Å². The molecule has 0 spiro atoms. The molecule has 0 aliphatic rings. The SMILES string of the molecule is CC(C)(C)OC(=O)N[C@@H](Cc1ccc(OCc2ccccc2)cc1)c1nc2ccccc2[nH]1. The maximum absolute atomic E-state index is 12.5. The molecule has 6 heteroatoms. The van der Waals surface area contributed by atoms with Gasteiger partial charge in [-0.25, -0.2) is 9.78 Å². The number of para-hydroxylation sites is 2. The van der Waals surface area contributed by atoms with Gasteiger partial charge >= 0.3 is 6.09 Å². The average Bonchev–Trinajstić information content (AvgIpc) is 3.22. The highest BCUT2D eigenvalue weighted by atomic mass is 16.6. The van der Waals surface area contributed by atoms with Crippen LogP contribution in [0, 0.1) is 0 Å². The zero-order valence-electron chi connectivity index (χ0n) is 19.2. The number of ether oxygens (including phenoxy) is 2. The van der Waals surface area contributed by atoms with Gasteiger partial charge in [-0.05, 0) is 56.2 Å². The van der Waals surface area contributed by atoms with Gasteiger partial charge < -0.3 is 19.8 Å². The van der Waals surface area contributed by atoms with Crippen molar-refractivity contribution < 1.29 is 14.3 Å². The summed E-state index contributed by atoms with van der Waals surface area (Å²) < 4.78 is 11.4. The molecule has 0 aliphatic carbocycles. The third-order valence-corrected chi connectivity index (χ3v) is 5.04. The maximum Gasteiger partial charge on any atom is 0.408 e. The smallest absolute Gasteiger partial charge is 0.408 e. The lowest BCUT2D eigenvalue weighted by Crippen LogP contribution is -2.36. The molecule has 0 saturated heterocycles. The molecular weight excluding hydrogens is 414 g/mol. The molecule has 1 atom stereocenters. The van der Waals surface area contributed by atoms with Crippen molar-refractivity contribution in [2.24, 2.45) is 0 Å². The van der Waals surface area contributed by atoms with Crippen LogP contribution in [-0.4, -0.2) is 21.7 Å². The third-order valence-electron chi connectivity index (χ3n) is 5.04. The monoisotopic (exact) mass is 443 g/mol. The van der Waals surface area contributed by atoms with E-state index in [4.69, 9.17) is 9.47 Å². The molecule has 0 saturated carbocycles. The van der Waals surface area contributed by atoms with Gasteiger partial charge in [0.2, 0.25) is 0 Å². The number of fused-ring (bicyclic) bond motifs is 1. The Kier molecular flexibility index (Phi) is 6.63. The highest BCUT2D eigenvalue weighted by molar-refractivity contribution is 5.75. The van der Waals surface area contributed by atoms with Gasteiger partial charge in [0, 0.05) is 6.42 Å². The van der Waals surface area contributed by atoms with Gasteiger partial charge in [0.05, 0.1) is 17.1 Å². The predicted octanol–water partition coefficient (Wildman–Crippen LogP) is 5.95. The Morgan fingerprint density at radius 2 is 1.64 bits per heavy atom.